The van der Waals surface area contributed by atoms with Gasteiger partial charge in [0.25, 0.3) is 0 Å². The number of carboxylic acid groups (broad SMARTS) is 1. The van der Waals surface area contributed by atoms with Crippen LogP contribution in [-0.4, -0.2) is 36.8 Å². The van der Waals surface area contributed by atoms with Gasteiger partial charge in [-0.1, -0.05) is 0 Å². The van der Waals surface area contributed by atoms with E-state index in [0.717, 1.165) is 19.2 Å². The van der Waals surface area contributed by atoms with Crippen LogP contribution in [0.3, 0.4) is 0 Å². The zero-order valence-corrected chi connectivity index (χ0v) is 9.91. The Balaban J connectivity index is 2.38. The first kappa shape index (κ1) is 12.8. The highest BCUT2D eigenvalue weighted by Crippen LogP contribution is 2.26. The second-order valence-corrected chi connectivity index (χ2v) is 4.16. The Kier molecular flexibility index (Phi) is 3.47. The minimum Gasteiger partial charge on any atom is -0.478 e. The number of halogens is 2. The molecule has 0 unspecified atom stereocenters. The molecule has 0 aromatic heterocycles. The molecule has 0 atom stereocenters. The monoisotopic (exact) mass is 256 g/mol. The number of likely N-dealkylation sites (N-methyl/N-ethyl adjacent to an activating group) is 1. The number of benzene rings is 1. The van der Waals surface area contributed by atoms with E-state index in [1.54, 1.807) is 4.90 Å². The second kappa shape index (κ2) is 4.89. The molecule has 0 radical (unpaired) electrons. The summed E-state index contributed by atoms with van der Waals surface area (Å²) in [6, 6.07) is 2.55. The minimum atomic E-state index is -1.47. The number of carboxylic acids is 1. The molecule has 2 N–H and O–H groups in total. The maximum atomic E-state index is 13.9. The Morgan fingerprint density at radius 2 is 2.11 bits per heavy atom. The third-order valence-electron chi connectivity index (χ3n) is 3.14. The molecule has 1 aliphatic rings. The first-order valence-corrected chi connectivity index (χ1v) is 5.75. The van der Waals surface area contributed by atoms with Gasteiger partial charge in [-0.2, -0.15) is 0 Å². The molecule has 1 fully saturated rings. The summed E-state index contributed by atoms with van der Waals surface area (Å²) in [4.78, 5) is 12.4. The predicted octanol–water partition coefficient (Wildman–Crippen LogP) is 1.46. The first-order chi connectivity index (χ1) is 8.56. The lowest BCUT2D eigenvalue weighted by Crippen LogP contribution is -2.57. The van der Waals surface area contributed by atoms with E-state index in [9.17, 15) is 13.6 Å². The molecule has 0 spiro atoms. The largest absolute Gasteiger partial charge is 0.478 e. The molecular formula is C12H14F2N2O2. The smallest absolute Gasteiger partial charge is 0.338 e. The van der Waals surface area contributed by atoms with Gasteiger partial charge in [-0.15, -0.1) is 0 Å². The van der Waals surface area contributed by atoms with Crippen LogP contribution < -0.4 is 10.2 Å². The summed E-state index contributed by atoms with van der Waals surface area (Å²) in [6.45, 7) is 3.82. The highest BCUT2D eigenvalue weighted by atomic mass is 19.2. The van der Waals surface area contributed by atoms with Crippen molar-refractivity contribution in [2.75, 3.05) is 24.5 Å². The molecule has 0 amide bonds. The zero-order chi connectivity index (χ0) is 13.3. The van der Waals surface area contributed by atoms with E-state index in [1.807, 2.05) is 6.92 Å². The Morgan fingerprint density at radius 3 is 2.56 bits per heavy atom. The van der Waals surface area contributed by atoms with Gasteiger partial charge in [0.05, 0.1) is 17.3 Å². The Hall–Kier alpha value is -1.69. The van der Waals surface area contributed by atoms with Gasteiger partial charge in [0.15, 0.2) is 11.6 Å². The number of nitrogens with zero attached hydrogens (tertiary/aromatic N) is 1. The number of hydrogen-bond acceptors (Lipinski definition) is 3. The normalized spacial score (nSPS) is 15.3. The maximum Gasteiger partial charge on any atom is 0.338 e. The van der Waals surface area contributed by atoms with Gasteiger partial charge in [-0.05, 0) is 19.1 Å². The summed E-state index contributed by atoms with van der Waals surface area (Å²) < 4.78 is 27.5. The standard InChI is InChI=1S/C12H14F2N2O2/c1-2-16(7-5-15-6-7)9-4-3-8(12(17)18)10(13)11(9)14/h3-4,7,15H,2,5-6H2,1H3,(H,17,18). The van der Waals surface area contributed by atoms with Crippen molar-refractivity contribution in [3.63, 3.8) is 0 Å². The molecule has 1 saturated heterocycles. The molecule has 0 aliphatic carbocycles. The molecule has 18 heavy (non-hydrogen) atoms. The quantitative estimate of drug-likeness (QED) is 0.856. The van der Waals surface area contributed by atoms with E-state index in [0.29, 0.717) is 6.54 Å². The molecule has 98 valence electrons. The molecule has 0 bridgehead atoms. The van der Waals surface area contributed by atoms with Gasteiger partial charge in [-0.3, -0.25) is 0 Å². The lowest BCUT2D eigenvalue weighted by molar-refractivity contribution is 0.0690. The number of rotatable bonds is 4. The fraction of sp³-hybridized carbons (Fsp3) is 0.417. The number of aromatic carboxylic acids is 1. The lowest BCUT2D eigenvalue weighted by atomic mass is 10.1. The predicted molar refractivity (Wildman–Crippen MR) is 63.0 cm³/mol. The van der Waals surface area contributed by atoms with E-state index in [-0.39, 0.29) is 11.7 Å². The average molecular weight is 256 g/mol. The molecule has 6 heteroatoms. The summed E-state index contributed by atoms with van der Waals surface area (Å²) in [5, 5.41) is 11.8. The van der Waals surface area contributed by atoms with Crippen molar-refractivity contribution in [2.24, 2.45) is 0 Å². The minimum absolute atomic E-state index is 0.117. The molecule has 1 aromatic rings. The third kappa shape index (κ3) is 2.03. The van der Waals surface area contributed by atoms with Crippen LogP contribution in [-0.2, 0) is 0 Å². The van der Waals surface area contributed by atoms with E-state index in [1.165, 1.54) is 6.07 Å². The molecule has 1 aromatic carbocycles. The molecule has 1 aliphatic heterocycles. The summed E-state index contributed by atoms with van der Waals surface area (Å²) in [5.41, 5.74) is -0.523. The van der Waals surface area contributed by atoms with Crippen molar-refractivity contribution in [2.45, 2.75) is 13.0 Å². The second-order valence-electron chi connectivity index (χ2n) is 4.16. The van der Waals surface area contributed by atoms with E-state index >= 15 is 0 Å². The first-order valence-electron chi connectivity index (χ1n) is 5.75. The van der Waals surface area contributed by atoms with Gasteiger partial charge >= 0.3 is 5.97 Å². The number of anilines is 1. The van der Waals surface area contributed by atoms with Crippen molar-refractivity contribution < 1.29 is 18.7 Å². The van der Waals surface area contributed by atoms with Crippen LogP contribution in [0.25, 0.3) is 0 Å². The highest BCUT2D eigenvalue weighted by molar-refractivity contribution is 5.88. The third-order valence-corrected chi connectivity index (χ3v) is 3.14. The summed E-state index contributed by atoms with van der Waals surface area (Å²) >= 11 is 0. The molecule has 2 rings (SSSR count). The van der Waals surface area contributed by atoms with Crippen LogP contribution in [0.4, 0.5) is 14.5 Å². The number of carbonyl (C=O) groups is 1. The molecule has 1 heterocycles. The van der Waals surface area contributed by atoms with Crippen LogP contribution in [0, 0.1) is 11.6 Å². The van der Waals surface area contributed by atoms with Crippen LogP contribution >= 0.6 is 0 Å². The van der Waals surface area contributed by atoms with Gasteiger partial charge in [0, 0.05) is 19.6 Å². The average Bonchev–Trinajstić information content (AvgIpc) is 2.27. The Labute approximate surface area is 103 Å². The summed E-state index contributed by atoms with van der Waals surface area (Å²) in [5.74, 6) is -3.86. The van der Waals surface area contributed by atoms with Crippen LogP contribution in [0.5, 0.6) is 0 Å². The molecular weight excluding hydrogens is 242 g/mol. The zero-order valence-electron chi connectivity index (χ0n) is 9.91. The van der Waals surface area contributed by atoms with Crippen molar-refractivity contribution in [1.82, 2.24) is 5.32 Å². The van der Waals surface area contributed by atoms with Crippen LogP contribution in [0.1, 0.15) is 17.3 Å². The van der Waals surface area contributed by atoms with Crippen LogP contribution in [0.15, 0.2) is 12.1 Å². The van der Waals surface area contributed by atoms with Gasteiger partial charge in [-0.25, -0.2) is 13.6 Å². The fourth-order valence-corrected chi connectivity index (χ4v) is 2.05. The topological polar surface area (TPSA) is 52.6 Å². The van der Waals surface area contributed by atoms with Crippen molar-refractivity contribution in [3.05, 3.63) is 29.3 Å². The van der Waals surface area contributed by atoms with Gasteiger partial charge < -0.3 is 15.3 Å². The van der Waals surface area contributed by atoms with E-state index in [4.69, 9.17) is 5.11 Å². The highest BCUT2D eigenvalue weighted by Gasteiger charge is 2.28. The van der Waals surface area contributed by atoms with Gasteiger partial charge in [0.2, 0.25) is 0 Å². The Bertz CT molecular complexity index is 475. The fourth-order valence-electron chi connectivity index (χ4n) is 2.05. The lowest BCUT2D eigenvalue weighted by Gasteiger charge is -2.39. The van der Waals surface area contributed by atoms with Crippen molar-refractivity contribution in [3.8, 4) is 0 Å². The number of nitrogens with one attached hydrogen (secondary N) is 1. The maximum absolute atomic E-state index is 13.9. The van der Waals surface area contributed by atoms with Gasteiger partial charge in [0.1, 0.15) is 0 Å². The summed E-state index contributed by atoms with van der Waals surface area (Å²) in [7, 11) is 0. The molecule has 0 saturated carbocycles. The SMILES string of the molecule is CCN(c1ccc(C(=O)O)c(F)c1F)C1CNC1. The van der Waals surface area contributed by atoms with Crippen LogP contribution in [0.2, 0.25) is 0 Å². The molecule has 4 nitrogen and oxygen atoms in total. The summed E-state index contributed by atoms with van der Waals surface area (Å²) in [6.07, 6.45) is 0. The van der Waals surface area contributed by atoms with E-state index in [2.05, 4.69) is 5.32 Å². The van der Waals surface area contributed by atoms with Crippen molar-refractivity contribution in [1.29, 1.82) is 0 Å². The Morgan fingerprint density at radius 1 is 1.44 bits per heavy atom. The number of hydrogen-bond donors (Lipinski definition) is 2. The van der Waals surface area contributed by atoms with Crippen molar-refractivity contribution >= 4 is 11.7 Å². The van der Waals surface area contributed by atoms with E-state index < -0.39 is 23.2 Å².